The molecular formula is C33H20BrF4N5O11. The highest BCUT2D eigenvalue weighted by molar-refractivity contribution is 9.10. The lowest BCUT2D eigenvalue weighted by molar-refractivity contribution is -0.385. The van der Waals surface area contributed by atoms with Crippen molar-refractivity contribution >= 4 is 61.8 Å². The lowest BCUT2D eigenvalue weighted by Gasteiger charge is -2.13. The SMILES string of the molecule is CCOC(=O)C(O)c1ccc(Br)cc1F.N#Cc1ccc(NC(=O)c2noc3cc(-c4ccc([N+](=O)[O-])cc4C(F)(F)F)c([N+](=O)[O-])cc23)c(C(=O)O)c1. The number of carboxylic acids is 1. The summed E-state index contributed by atoms with van der Waals surface area (Å²) in [7, 11) is 0. The number of esters is 1. The number of anilines is 1. The first-order valence-corrected chi connectivity index (χ1v) is 15.5. The van der Waals surface area contributed by atoms with Crippen molar-refractivity contribution in [1.29, 1.82) is 5.26 Å². The van der Waals surface area contributed by atoms with E-state index in [1.54, 1.807) is 19.1 Å². The average Bonchev–Trinajstić information content (AvgIpc) is 3.54. The number of nitrogens with one attached hydrogen (secondary N) is 1. The molecule has 54 heavy (non-hydrogen) atoms. The van der Waals surface area contributed by atoms with Crippen molar-refractivity contribution in [3.05, 3.63) is 125 Å². The third-order valence-corrected chi connectivity index (χ3v) is 7.70. The van der Waals surface area contributed by atoms with Crippen LogP contribution >= 0.6 is 15.9 Å². The molecule has 278 valence electrons. The van der Waals surface area contributed by atoms with Gasteiger partial charge in [-0.2, -0.15) is 18.4 Å². The van der Waals surface area contributed by atoms with E-state index in [0.29, 0.717) is 10.5 Å². The maximum absolute atomic E-state index is 13.7. The predicted octanol–water partition coefficient (Wildman–Crippen LogP) is 7.34. The molecule has 4 aromatic carbocycles. The summed E-state index contributed by atoms with van der Waals surface area (Å²) in [6, 6.07) is 12.4. The van der Waals surface area contributed by atoms with Gasteiger partial charge in [0.25, 0.3) is 17.3 Å². The van der Waals surface area contributed by atoms with Gasteiger partial charge in [-0.05, 0) is 49.4 Å². The number of non-ortho nitro benzene ring substituents is 1. The number of aromatic carboxylic acids is 1. The number of rotatable bonds is 9. The lowest BCUT2D eigenvalue weighted by atomic mass is 9.96. The van der Waals surface area contributed by atoms with Crippen molar-refractivity contribution < 1.29 is 61.3 Å². The van der Waals surface area contributed by atoms with Gasteiger partial charge < -0.3 is 24.8 Å². The van der Waals surface area contributed by atoms with Gasteiger partial charge in [0.1, 0.15) is 5.82 Å². The molecule has 1 atom stereocenters. The van der Waals surface area contributed by atoms with Crippen LogP contribution in [-0.2, 0) is 15.7 Å². The van der Waals surface area contributed by atoms with Crippen LogP contribution in [-0.4, -0.2) is 49.7 Å². The molecule has 3 N–H and O–H groups in total. The van der Waals surface area contributed by atoms with E-state index >= 15 is 0 Å². The molecule has 0 aliphatic rings. The van der Waals surface area contributed by atoms with Crippen LogP contribution < -0.4 is 5.32 Å². The second-order valence-corrected chi connectivity index (χ2v) is 11.5. The molecule has 0 aliphatic carbocycles. The molecule has 0 aliphatic heterocycles. The Morgan fingerprint density at radius 1 is 1.04 bits per heavy atom. The molecule has 1 aromatic heterocycles. The molecule has 5 rings (SSSR count). The summed E-state index contributed by atoms with van der Waals surface area (Å²) in [4.78, 5) is 56.3. The monoisotopic (exact) mass is 817 g/mol. The van der Waals surface area contributed by atoms with E-state index in [2.05, 4.69) is 31.1 Å². The number of benzene rings is 4. The lowest BCUT2D eigenvalue weighted by Crippen LogP contribution is -2.16. The van der Waals surface area contributed by atoms with Gasteiger partial charge in [0.15, 0.2) is 17.4 Å². The molecule has 1 amide bonds. The van der Waals surface area contributed by atoms with E-state index in [1.807, 2.05) is 0 Å². The summed E-state index contributed by atoms with van der Waals surface area (Å²) in [6.45, 7) is 1.76. The molecule has 1 unspecified atom stereocenters. The number of hydrogen-bond acceptors (Lipinski definition) is 12. The third-order valence-electron chi connectivity index (χ3n) is 7.20. The van der Waals surface area contributed by atoms with Crippen LogP contribution in [0.3, 0.4) is 0 Å². The average molecular weight is 818 g/mol. The molecule has 16 nitrogen and oxygen atoms in total. The number of aliphatic hydroxyl groups excluding tert-OH is 1. The topological polar surface area (TPSA) is 249 Å². The normalized spacial score (nSPS) is 11.4. The van der Waals surface area contributed by atoms with Crippen LogP contribution in [0.5, 0.6) is 0 Å². The summed E-state index contributed by atoms with van der Waals surface area (Å²) >= 11 is 3.08. The van der Waals surface area contributed by atoms with Gasteiger partial charge in [-0.25, -0.2) is 14.0 Å². The Bertz CT molecular complexity index is 2380. The minimum absolute atomic E-state index is 0.00934. The number of alkyl halides is 3. The Kier molecular flexibility index (Phi) is 12.0. The number of aromatic nitrogens is 1. The van der Waals surface area contributed by atoms with Crippen molar-refractivity contribution in [3.8, 4) is 17.2 Å². The fraction of sp³-hybridized carbons (Fsp3) is 0.121. The van der Waals surface area contributed by atoms with Gasteiger partial charge in [0.2, 0.25) is 0 Å². The zero-order chi connectivity index (χ0) is 40.1. The van der Waals surface area contributed by atoms with Gasteiger partial charge in [-0.1, -0.05) is 27.2 Å². The Morgan fingerprint density at radius 3 is 2.31 bits per heavy atom. The molecule has 0 saturated carbocycles. The summed E-state index contributed by atoms with van der Waals surface area (Å²) in [5.41, 5.74) is -6.35. The number of carbonyl (C=O) groups is 3. The van der Waals surface area contributed by atoms with Crippen molar-refractivity contribution in [2.75, 3.05) is 11.9 Å². The van der Waals surface area contributed by atoms with Crippen molar-refractivity contribution in [1.82, 2.24) is 5.16 Å². The minimum atomic E-state index is -5.13. The Balaban J connectivity index is 0.000000363. The summed E-state index contributed by atoms with van der Waals surface area (Å²) in [6.07, 6.45) is -6.70. The Labute approximate surface area is 306 Å². The molecule has 1 heterocycles. The number of amides is 1. The smallest absolute Gasteiger partial charge is 0.417 e. The van der Waals surface area contributed by atoms with E-state index in [1.165, 1.54) is 18.2 Å². The number of carbonyl (C=O) groups excluding carboxylic acids is 2. The number of nitro groups is 2. The van der Waals surface area contributed by atoms with E-state index in [4.69, 9.17) is 9.78 Å². The number of ether oxygens (including phenoxy) is 1. The van der Waals surface area contributed by atoms with Crippen LogP contribution in [0, 0.1) is 37.4 Å². The molecule has 5 aromatic rings. The second kappa shape index (κ2) is 16.3. The molecule has 0 spiro atoms. The van der Waals surface area contributed by atoms with Gasteiger partial charge in [-0.3, -0.25) is 25.0 Å². The largest absolute Gasteiger partial charge is 0.478 e. The van der Waals surface area contributed by atoms with Gasteiger partial charge in [-0.15, -0.1) is 0 Å². The van der Waals surface area contributed by atoms with Gasteiger partial charge in [0.05, 0.1) is 55.9 Å². The maximum atomic E-state index is 13.7. The molecule has 0 bridgehead atoms. The van der Waals surface area contributed by atoms with Crippen LogP contribution in [0.4, 0.5) is 34.6 Å². The number of carboxylic acid groups (broad SMARTS) is 1. The van der Waals surface area contributed by atoms with Crippen molar-refractivity contribution in [3.63, 3.8) is 0 Å². The predicted molar refractivity (Wildman–Crippen MR) is 180 cm³/mol. The van der Waals surface area contributed by atoms with Crippen molar-refractivity contribution in [2.24, 2.45) is 0 Å². The first-order chi connectivity index (χ1) is 25.4. The number of halogens is 5. The molecule has 0 saturated heterocycles. The maximum Gasteiger partial charge on any atom is 0.417 e. The Hall–Kier alpha value is -6.79. The van der Waals surface area contributed by atoms with Gasteiger partial charge in [0, 0.05) is 33.8 Å². The number of nitrogens with zero attached hydrogens (tertiary/aromatic N) is 4. The van der Waals surface area contributed by atoms with E-state index < -0.39 is 85.1 Å². The summed E-state index contributed by atoms with van der Waals surface area (Å²) in [5, 5.41) is 56.1. The molecular weight excluding hydrogens is 798 g/mol. The third kappa shape index (κ3) is 8.80. The first kappa shape index (κ1) is 40.0. The quantitative estimate of drug-likeness (QED) is 0.0571. The number of nitro benzene ring substituents is 2. The van der Waals surface area contributed by atoms with Crippen molar-refractivity contribution in [2.45, 2.75) is 19.2 Å². The zero-order valence-corrected chi connectivity index (χ0v) is 28.5. The van der Waals surface area contributed by atoms with Crippen LogP contribution in [0.25, 0.3) is 22.1 Å². The van der Waals surface area contributed by atoms with Crippen LogP contribution in [0.15, 0.2) is 75.7 Å². The van der Waals surface area contributed by atoms with Gasteiger partial charge >= 0.3 is 18.1 Å². The van der Waals surface area contributed by atoms with E-state index in [9.17, 15) is 62.4 Å². The second-order valence-electron chi connectivity index (χ2n) is 10.6. The fourth-order valence-electron chi connectivity index (χ4n) is 4.77. The van der Waals surface area contributed by atoms with E-state index in [-0.39, 0.29) is 40.5 Å². The summed E-state index contributed by atoms with van der Waals surface area (Å²) in [5.74, 6) is -4.05. The summed E-state index contributed by atoms with van der Waals surface area (Å²) < 4.78 is 64.7. The number of aliphatic hydroxyl groups is 1. The highest BCUT2D eigenvalue weighted by Gasteiger charge is 2.37. The number of hydrogen-bond donors (Lipinski definition) is 3. The molecule has 0 fully saturated rings. The number of fused-ring (bicyclic) bond motifs is 1. The number of nitriles is 1. The molecule has 0 radical (unpaired) electrons. The van der Waals surface area contributed by atoms with Crippen LogP contribution in [0.1, 0.15) is 50.6 Å². The molecule has 21 heteroatoms. The minimum Gasteiger partial charge on any atom is -0.478 e. The first-order valence-electron chi connectivity index (χ1n) is 14.7. The fourth-order valence-corrected chi connectivity index (χ4v) is 5.10. The Morgan fingerprint density at radius 2 is 1.74 bits per heavy atom. The zero-order valence-electron chi connectivity index (χ0n) is 26.9. The standard InChI is InChI=1S/C23H10F3N5O8.C10H10BrFO3/c24-23(25,26)16-6-11(30(35)36)2-3-12(16)13-8-19-15(7-18(13)31(37)38)20(29-39-19)21(32)28-17-4-1-10(9-27)5-14(17)22(33)34;1-2-15-10(14)9(13)7-4-3-6(11)5-8(7)12/h1-8H,(H,28,32)(H,33,34);3-5,9,13H,2H2,1H3. The highest BCUT2D eigenvalue weighted by atomic mass is 79.9. The van der Waals surface area contributed by atoms with E-state index in [0.717, 1.165) is 30.3 Å². The van der Waals surface area contributed by atoms with Crippen LogP contribution in [0.2, 0.25) is 0 Å². The highest BCUT2D eigenvalue weighted by Crippen LogP contribution is 2.43.